The first-order valence-electron chi connectivity index (χ1n) is 6.02. The van der Waals surface area contributed by atoms with Gasteiger partial charge in [-0.1, -0.05) is 17.7 Å². The van der Waals surface area contributed by atoms with Crippen molar-refractivity contribution in [3.05, 3.63) is 45.5 Å². The molecule has 0 aliphatic rings. The lowest BCUT2D eigenvalue weighted by atomic mass is 9.99. The molecule has 20 heavy (non-hydrogen) atoms. The zero-order valence-electron chi connectivity index (χ0n) is 11.1. The molecule has 0 spiro atoms. The number of hydrogen-bond donors (Lipinski definition) is 4. The fourth-order valence-corrected chi connectivity index (χ4v) is 2.36. The number of aromatic hydroxyl groups is 4. The average molecular weight is 295 g/mol. The molecule has 4 N–H and O–H groups in total. The first kappa shape index (κ1) is 14.3. The third-order valence-electron chi connectivity index (χ3n) is 3.17. The van der Waals surface area contributed by atoms with E-state index in [1.54, 1.807) is 19.9 Å². The summed E-state index contributed by atoms with van der Waals surface area (Å²) >= 11 is 6.14. The summed E-state index contributed by atoms with van der Waals surface area (Å²) in [5.41, 5.74) is 2.12. The Kier molecular flexibility index (Phi) is 3.68. The highest BCUT2D eigenvalue weighted by Gasteiger charge is 2.17. The van der Waals surface area contributed by atoms with E-state index in [4.69, 9.17) is 11.6 Å². The van der Waals surface area contributed by atoms with E-state index in [-0.39, 0.29) is 29.4 Å². The first-order chi connectivity index (χ1) is 9.31. The van der Waals surface area contributed by atoms with Gasteiger partial charge >= 0.3 is 0 Å². The summed E-state index contributed by atoms with van der Waals surface area (Å²) in [5, 5.41) is 39.4. The van der Waals surface area contributed by atoms with E-state index in [0.29, 0.717) is 21.7 Å². The molecule has 2 aromatic carbocycles. The minimum atomic E-state index is -0.319. The van der Waals surface area contributed by atoms with E-state index in [2.05, 4.69) is 0 Å². The second-order valence-corrected chi connectivity index (χ2v) is 5.20. The van der Waals surface area contributed by atoms with E-state index >= 15 is 0 Å². The van der Waals surface area contributed by atoms with Crippen LogP contribution >= 0.6 is 11.6 Å². The Bertz CT molecular complexity index is 654. The summed E-state index contributed by atoms with van der Waals surface area (Å²) in [6.45, 7) is 3.48. The fourth-order valence-electron chi connectivity index (χ4n) is 2.15. The third kappa shape index (κ3) is 2.47. The van der Waals surface area contributed by atoms with Crippen molar-refractivity contribution in [2.75, 3.05) is 0 Å². The summed E-state index contributed by atoms with van der Waals surface area (Å²) < 4.78 is 0. The fraction of sp³-hybridized carbons (Fsp3) is 0.200. The minimum Gasteiger partial charge on any atom is -0.504 e. The number of halogens is 1. The zero-order valence-corrected chi connectivity index (χ0v) is 11.9. The number of rotatable bonds is 2. The van der Waals surface area contributed by atoms with Gasteiger partial charge < -0.3 is 20.4 Å². The zero-order chi connectivity index (χ0) is 15.0. The van der Waals surface area contributed by atoms with Crippen molar-refractivity contribution in [2.45, 2.75) is 20.3 Å². The lowest BCUT2D eigenvalue weighted by Crippen LogP contribution is -1.94. The van der Waals surface area contributed by atoms with Crippen LogP contribution in [-0.4, -0.2) is 20.4 Å². The molecular formula is C15H15ClO4. The molecule has 0 radical (unpaired) electrons. The monoisotopic (exact) mass is 294 g/mol. The van der Waals surface area contributed by atoms with Gasteiger partial charge in [0.05, 0.1) is 5.02 Å². The largest absolute Gasteiger partial charge is 0.504 e. The van der Waals surface area contributed by atoms with Crippen molar-refractivity contribution in [1.29, 1.82) is 0 Å². The standard InChI is InChI=1S/C15H15ClO4/c1-7-3-9(14(19)11(17)4-7)6-10-13(16)8(2)5-12(18)15(10)20/h3-5,17-20H,6H2,1-2H3. The van der Waals surface area contributed by atoms with E-state index < -0.39 is 0 Å². The molecule has 5 heteroatoms. The van der Waals surface area contributed by atoms with Crippen molar-refractivity contribution in [2.24, 2.45) is 0 Å². The summed E-state index contributed by atoms with van der Waals surface area (Å²) in [6.07, 6.45) is 0.0982. The quantitative estimate of drug-likeness (QED) is 0.640. The molecule has 0 atom stereocenters. The normalized spacial score (nSPS) is 10.8. The van der Waals surface area contributed by atoms with Crippen LogP contribution < -0.4 is 0 Å². The van der Waals surface area contributed by atoms with Crippen LogP contribution in [0.15, 0.2) is 18.2 Å². The average Bonchev–Trinajstić information content (AvgIpc) is 2.37. The van der Waals surface area contributed by atoms with Crippen molar-refractivity contribution < 1.29 is 20.4 Å². The van der Waals surface area contributed by atoms with Crippen molar-refractivity contribution in [3.8, 4) is 23.0 Å². The number of phenolic OH excluding ortho intramolecular Hbond substituents is 4. The molecule has 0 aromatic heterocycles. The van der Waals surface area contributed by atoms with E-state index in [1.165, 1.54) is 12.1 Å². The molecule has 4 nitrogen and oxygen atoms in total. The van der Waals surface area contributed by atoms with Crippen molar-refractivity contribution in [1.82, 2.24) is 0 Å². The molecule has 2 aromatic rings. The SMILES string of the molecule is Cc1cc(O)c(O)c(Cc2c(O)c(O)cc(C)c2Cl)c1. The van der Waals surface area contributed by atoms with Crippen LogP contribution in [0.25, 0.3) is 0 Å². The van der Waals surface area contributed by atoms with Crippen LogP contribution in [0, 0.1) is 13.8 Å². The van der Waals surface area contributed by atoms with Gasteiger partial charge in [0.2, 0.25) is 0 Å². The Hall–Kier alpha value is -2.07. The lowest BCUT2D eigenvalue weighted by Gasteiger charge is -2.13. The molecule has 0 bridgehead atoms. The Morgan fingerprint density at radius 3 is 2.15 bits per heavy atom. The summed E-state index contributed by atoms with van der Waals surface area (Å²) in [5.74, 6) is -1.07. The molecule has 0 saturated heterocycles. The number of benzene rings is 2. The Balaban J connectivity index is 2.56. The maximum Gasteiger partial charge on any atom is 0.162 e. The Labute approximate surface area is 121 Å². The summed E-state index contributed by atoms with van der Waals surface area (Å²) in [6, 6.07) is 4.49. The highest BCUT2D eigenvalue weighted by molar-refractivity contribution is 6.32. The van der Waals surface area contributed by atoms with E-state index in [1.807, 2.05) is 0 Å². The van der Waals surface area contributed by atoms with Gasteiger partial charge in [0.1, 0.15) is 0 Å². The predicted molar refractivity (Wildman–Crippen MR) is 76.8 cm³/mol. The molecule has 0 amide bonds. The highest BCUT2D eigenvalue weighted by Crippen LogP contribution is 2.40. The smallest absolute Gasteiger partial charge is 0.162 e. The van der Waals surface area contributed by atoms with Crippen LogP contribution in [0.2, 0.25) is 5.02 Å². The predicted octanol–water partition coefficient (Wildman–Crippen LogP) is 3.37. The molecule has 0 aliphatic heterocycles. The molecule has 0 heterocycles. The van der Waals surface area contributed by atoms with Crippen LogP contribution in [0.1, 0.15) is 22.3 Å². The van der Waals surface area contributed by atoms with Crippen molar-refractivity contribution >= 4 is 11.6 Å². The molecule has 0 saturated carbocycles. The van der Waals surface area contributed by atoms with Gasteiger partial charge in [0.15, 0.2) is 23.0 Å². The van der Waals surface area contributed by atoms with Crippen LogP contribution in [0.5, 0.6) is 23.0 Å². The Morgan fingerprint density at radius 1 is 0.900 bits per heavy atom. The Morgan fingerprint density at radius 2 is 1.50 bits per heavy atom. The summed E-state index contributed by atoms with van der Waals surface area (Å²) in [7, 11) is 0. The maximum absolute atomic E-state index is 9.92. The lowest BCUT2D eigenvalue weighted by molar-refractivity contribution is 0.395. The number of phenols is 4. The molecule has 2 rings (SSSR count). The molecular weight excluding hydrogens is 280 g/mol. The molecule has 106 valence electrons. The second kappa shape index (κ2) is 5.13. The topological polar surface area (TPSA) is 80.9 Å². The third-order valence-corrected chi connectivity index (χ3v) is 3.70. The maximum atomic E-state index is 9.92. The molecule has 0 fully saturated rings. The van der Waals surface area contributed by atoms with Gasteiger partial charge in [-0.15, -0.1) is 0 Å². The van der Waals surface area contributed by atoms with E-state index in [9.17, 15) is 20.4 Å². The van der Waals surface area contributed by atoms with Gasteiger partial charge in [0.25, 0.3) is 0 Å². The van der Waals surface area contributed by atoms with Gasteiger partial charge in [-0.05, 0) is 37.1 Å². The number of aryl methyl sites for hydroxylation is 2. The first-order valence-corrected chi connectivity index (χ1v) is 6.40. The van der Waals surface area contributed by atoms with Gasteiger partial charge in [-0.3, -0.25) is 0 Å². The second-order valence-electron chi connectivity index (χ2n) is 4.82. The van der Waals surface area contributed by atoms with Crippen LogP contribution in [0.3, 0.4) is 0 Å². The minimum absolute atomic E-state index is 0.0982. The van der Waals surface area contributed by atoms with E-state index in [0.717, 1.165) is 5.56 Å². The van der Waals surface area contributed by atoms with Crippen LogP contribution in [0.4, 0.5) is 0 Å². The van der Waals surface area contributed by atoms with Gasteiger partial charge in [-0.2, -0.15) is 0 Å². The highest BCUT2D eigenvalue weighted by atomic mass is 35.5. The molecule has 0 aliphatic carbocycles. The molecule has 0 unspecified atom stereocenters. The number of hydrogen-bond acceptors (Lipinski definition) is 4. The van der Waals surface area contributed by atoms with Crippen LogP contribution in [-0.2, 0) is 6.42 Å². The van der Waals surface area contributed by atoms with Crippen molar-refractivity contribution in [3.63, 3.8) is 0 Å². The van der Waals surface area contributed by atoms with Gasteiger partial charge in [-0.25, -0.2) is 0 Å². The summed E-state index contributed by atoms with van der Waals surface area (Å²) in [4.78, 5) is 0. The van der Waals surface area contributed by atoms with Gasteiger partial charge in [0, 0.05) is 17.5 Å².